The van der Waals surface area contributed by atoms with Crippen molar-refractivity contribution in [2.45, 2.75) is 0 Å². The zero-order chi connectivity index (χ0) is 19.5. The Bertz CT molecular complexity index is 1130. The molecule has 4 rings (SSSR count). The first-order valence-electron chi connectivity index (χ1n) is 8.42. The third kappa shape index (κ3) is 3.90. The van der Waals surface area contributed by atoms with Gasteiger partial charge >= 0.3 is 6.03 Å². The molecule has 0 fully saturated rings. The molecule has 0 radical (unpaired) electrons. The Hall–Kier alpha value is -3.94. The lowest BCUT2D eigenvalue weighted by Gasteiger charge is -2.10. The number of para-hydroxylation sites is 2. The number of hydrogen-bond donors (Lipinski definition) is 4. The van der Waals surface area contributed by atoms with E-state index in [1.807, 2.05) is 30.3 Å². The van der Waals surface area contributed by atoms with Crippen molar-refractivity contribution in [2.75, 3.05) is 16.0 Å². The van der Waals surface area contributed by atoms with Crippen molar-refractivity contribution in [2.24, 2.45) is 0 Å². The number of nitrogens with one attached hydrogen (secondary N) is 4. The molecule has 0 aliphatic carbocycles. The van der Waals surface area contributed by atoms with Crippen molar-refractivity contribution >= 4 is 40.1 Å². The number of aromatic amines is 1. The number of carbonyl (C=O) groups is 1. The predicted octanol–water partition coefficient (Wildman–Crippen LogP) is 5.23. The number of halogens is 2. The minimum Gasteiger partial charge on any atom is -0.326 e. The minimum atomic E-state index is -0.851. The van der Waals surface area contributed by atoms with Gasteiger partial charge in [0, 0.05) is 17.4 Å². The van der Waals surface area contributed by atoms with E-state index in [0.717, 1.165) is 23.2 Å². The Kier molecular flexibility index (Phi) is 4.59. The number of anilines is 4. The van der Waals surface area contributed by atoms with E-state index in [0.29, 0.717) is 23.4 Å². The van der Waals surface area contributed by atoms with Gasteiger partial charge in [0.1, 0.15) is 11.6 Å². The maximum atomic E-state index is 13.6. The summed E-state index contributed by atoms with van der Waals surface area (Å²) >= 11 is 0. The molecule has 3 aromatic carbocycles. The van der Waals surface area contributed by atoms with Crippen LogP contribution in [0, 0.1) is 11.6 Å². The van der Waals surface area contributed by atoms with E-state index in [1.165, 1.54) is 0 Å². The Balaban J connectivity index is 1.45. The summed E-state index contributed by atoms with van der Waals surface area (Å²) in [5.74, 6) is -1.00. The van der Waals surface area contributed by atoms with Crippen molar-refractivity contribution in [1.29, 1.82) is 0 Å². The second-order valence-corrected chi connectivity index (χ2v) is 6.01. The van der Waals surface area contributed by atoms with Crippen LogP contribution >= 0.6 is 0 Å². The van der Waals surface area contributed by atoms with E-state index in [9.17, 15) is 13.6 Å². The van der Waals surface area contributed by atoms with Crippen LogP contribution in [0.15, 0.2) is 66.7 Å². The first-order chi connectivity index (χ1) is 13.6. The van der Waals surface area contributed by atoms with E-state index >= 15 is 0 Å². The molecule has 140 valence electrons. The number of rotatable bonds is 4. The fourth-order valence-electron chi connectivity index (χ4n) is 2.70. The highest BCUT2D eigenvalue weighted by Crippen LogP contribution is 2.21. The molecular weight excluding hydrogens is 364 g/mol. The molecule has 1 heterocycles. The number of hydrogen-bond acceptors (Lipinski definition) is 3. The second-order valence-electron chi connectivity index (χ2n) is 6.01. The van der Waals surface area contributed by atoms with E-state index in [4.69, 9.17) is 0 Å². The van der Waals surface area contributed by atoms with Crippen molar-refractivity contribution < 1.29 is 13.6 Å². The Morgan fingerprint density at radius 2 is 1.71 bits per heavy atom. The molecule has 6 nitrogen and oxygen atoms in total. The molecule has 28 heavy (non-hydrogen) atoms. The average Bonchev–Trinajstić information content (AvgIpc) is 3.06. The van der Waals surface area contributed by atoms with Crippen LogP contribution in [0.5, 0.6) is 0 Å². The zero-order valence-electron chi connectivity index (χ0n) is 14.5. The smallest absolute Gasteiger partial charge is 0.323 e. The van der Waals surface area contributed by atoms with Gasteiger partial charge in [0.15, 0.2) is 0 Å². The van der Waals surface area contributed by atoms with Crippen LogP contribution in [-0.4, -0.2) is 16.0 Å². The van der Waals surface area contributed by atoms with Gasteiger partial charge in [-0.2, -0.15) is 0 Å². The van der Waals surface area contributed by atoms with Gasteiger partial charge in [-0.15, -0.1) is 0 Å². The molecule has 1 aromatic heterocycles. The highest BCUT2D eigenvalue weighted by atomic mass is 19.1. The minimum absolute atomic E-state index is 0.115. The van der Waals surface area contributed by atoms with Crippen LogP contribution in [0.3, 0.4) is 0 Å². The molecular formula is C20H15F2N5O. The van der Waals surface area contributed by atoms with Gasteiger partial charge in [-0.25, -0.2) is 18.6 Å². The number of H-pyrrole nitrogens is 1. The number of carbonyl (C=O) groups excluding carboxylic acids is 1. The molecule has 0 aliphatic rings. The van der Waals surface area contributed by atoms with Crippen LogP contribution in [0.25, 0.3) is 11.0 Å². The lowest BCUT2D eigenvalue weighted by Crippen LogP contribution is -2.20. The molecule has 0 saturated heterocycles. The fourth-order valence-corrected chi connectivity index (χ4v) is 2.70. The van der Waals surface area contributed by atoms with Gasteiger partial charge in [-0.05, 0) is 42.5 Å². The number of benzene rings is 3. The monoisotopic (exact) mass is 379 g/mol. The first-order valence-corrected chi connectivity index (χ1v) is 8.42. The number of nitrogens with zero attached hydrogens (tertiary/aromatic N) is 1. The number of urea groups is 1. The largest absolute Gasteiger partial charge is 0.326 e. The summed E-state index contributed by atoms with van der Waals surface area (Å²) in [5, 5.41) is 8.08. The summed E-state index contributed by atoms with van der Waals surface area (Å²) in [4.78, 5) is 19.7. The number of imidazole rings is 1. The van der Waals surface area contributed by atoms with Gasteiger partial charge in [-0.3, -0.25) is 0 Å². The molecule has 0 spiro atoms. The molecule has 2 amide bonds. The third-order valence-corrected chi connectivity index (χ3v) is 3.95. The van der Waals surface area contributed by atoms with Crippen LogP contribution in [0.1, 0.15) is 0 Å². The summed E-state index contributed by atoms with van der Waals surface area (Å²) in [6.45, 7) is 0. The Morgan fingerprint density at radius 1 is 0.893 bits per heavy atom. The summed E-state index contributed by atoms with van der Waals surface area (Å²) in [5.41, 5.74) is 2.81. The van der Waals surface area contributed by atoms with Gasteiger partial charge in [0.2, 0.25) is 5.95 Å². The van der Waals surface area contributed by atoms with Crippen molar-refractivity contribution in [3.05, 3.63) is 78.4 Å². The van der Waals surface area contributed by atoms with E-state index in [2.05, 4.69) is 25.9 Å². The molecule has 4 N–H and O–H groups in total. The highest BCUT2D eigenvalue weighted by Gasteiger charge is 2.09. The first kappa shape index (κ1) is 17.5. The van der Waals surface area contributed by atoms with Crippen molar-refractivity contribution in [3.63, 3.8) is 0 Å². The van der Waals surface area contributed by atoms with Crippen LogP contribution in [0.2, 0.25) is 0 Å². The lowest BCUT2D eigenvalue weighted by atomic mass is 10.2. The lowest BCUT2D eigenvalue weighted by molar-refractivity contribution is 0.262. The molecule has 8 heteroatoms. The summed E-state index contributed by atoms with van der Waals surface area (Å²) < 4.78 is 26.6. The zero-order valence-corrected chi connectivity index (χ0v) is 14.5. The van der Waals surface area contributed by atoms with Crippen LogP contribution < -0.4 is 16.0 Å². The topological polar surface area (TPSA) is 81.8 Å². The van der Waals surface area contributed by atoms with Crippen LogP contribution in [-0.2, 0) is 0 Å². The van der Waals surface area contributed by atoms with Gasteiger partial charge in [0.05, 0.1) is 16.7 Å². The highest BCUT2D eigenvalue weighted by molar-refractivity contribution is 6.00. The standard InChI is InChI=1S/C20H15F2N5O/c21-12-8-9-16(15(22)10-12)27-20(28)24-14-5-3-4-13(11-14)23-19-25-17-6-1-2-7-18(17)26-19/h1-11H,(H2,23,25,26)(H2,24,27,28). The maximum absolute atomic E-state index is 13.6. The van der Waals surface area contributed by atoms with E-state index < -0.39 is 17.7 Å². The van der Waals surface area contributed by atoms with Crippen molar-refractivity contribution in [3.8, 4) is 0 Å². The van der Waals surface area contributed by atoms with Crippen LogP contribution in [0.4, 0.5) is 36.6 Å². The Labute approximate surface area is 158 Å². The number of fused-ring (bicyclic) bond motifs is 1. The van der Waals surface area contributed by atoms with E-state index in [1.54, 1.807) is 18.2 Å². The second kappa shape index (κ2) is 7.36. The maximum Gasteiger partial charge on any atom is 0.323 e. The van der Waals surface area contributed by atoms with Crippen molar-refractivity contribution in [1.82, 2.24) is 9.97 Å². The molecule has 0 unspecified atom stereocenters. The third-order valence-electron chi connectivity index (χ3n) is 3.95. The van der Waals surface area contributed by atoms with E-state index in [-0.39, 0.29) is 5.69 Å². The van der Waals surface area contributed by atoms with Gasteiger partial charge in [-0.1, -0.05) is 18.2 Å². The molecule has 4 aromatic rings. The normalized spacial score (nSPS) is 10.6. The van der Waals surface area contributed by atoms with Gasteiger partial charge < -0.3 is 20.9 Å². The van der Waals surface area contributed by atoms with Gasteiger partial charge in [0.25, 0.3) is 0 Å². The molecule has 0 bridgehead atoms. The number of amides is 2. The number of aromatic nitrogens is 2. The molecule has 0 aliphatic heterocycles. The molecule has 0 atom stereocenters. The predicted molar refractivity (Wildman–Crippen MR) is 105 cm³/mol. The SMILES string of the molecule is O=C(Nc1cccc(Nc2nc3ccccc3[nH]2)c1)Nc1ccc(F)cc1F. The summed E-state index contributed by atoms with van der Waals surface area (Å²) in [7, 11) is 0. The average molecular weight is 379 g/mol. The quantitative estimate of drug-likeness (QED) is 0.392. The Morgan fingerprint density at radius 3 is 2.54 bits per heavy atom. The summed E-state index contributed by atoms with van der Waals surface area (Å²) in [6, 6.07) is 16.9. The summed E-state index contributed by atoms with van der Waals surface area (Å²) in [6.07, 6.45) is 0. The molecule has 0 saturated carbocycles. The fraction of sp³-hybridized carbons (Fsp3) is 0.